The quantitative estimate of drug-likeness (QED) is 0.770. The first-order valence-electron chi connectivity index (χ1n) is 8.48. The van der Waals surface area contributed by atoms with Gasteiger partial charge in [-0.15, -0.1) is 0 Å². The number of Topliss-reactive ketones (excluding diaryl/α,β-unsaturated/α-hetero) is 1. The molecule has 1 aliphatic heterocycles. The first-order valence-corrected chi connectivity index (χ1v) is 8.86. The Bertz CT molecular complexity index is 812. The van der Waals surface area contributed by atoms with Crippen molar-refractivity contribution < 1.29 is 14.3 Å². The van der Waals surface area contributed by atoms with Gasteiger partial charge in [0.05, 0.1) is 12.7 Å². The first kappa shape index (κ1) is 18.3. The molecule has 0 unspecified atom stereocenters. The molecule has 5 nitrogen and oxygen atoms in total. The third-order valence-electron chi connectivity index (χ3n) is 4.60. The Morgan fingerprint density at radius 1 is 1.00 bits per heavy atom. The maximum absolute atomic E-state index is 12.8. The fourth-order valence-electron chi connectivity index (χ4n) is 3.09. The summed E-state index contributed by atoms with van der Waals surface area (Å²) in [6, 6.07) is 12.6. The maximum atomic E-state index is 12.8. The zero-order valence-corrected chi connectivity index (χ0v) is 15.6. The van der Waals surface area contributed by atoms with Crippen LogP contribution in [0.1, 0.15) is 27.6 Å². The second-order valence-corrected chi connectivity index (χ2v) is 6.66. The molecule has 136 valence electrons. The molecule has 26 heavy (non-hydrogen) atoms. The van der Waals surface area contributed by atoms with Gasteiger partial charge in [-0.25, -0.2) is 0 Å². The van der Waals surface area contributed by atoms with Crippen molar-refractivity contribution in [1.29, 1.82) is 0 Å². The van der Waals surface area contributed by atoms with Crippen molar-refractivity contribution in [1.82, 2.24) is 4.90 Å². The molecule has 0 atom stereocenters. The normalized spacial score (nSPS) is 14.3. The molecule has 1 heterocycles. The molecule has 0 aromatic heterocycles. The highest BCUT2D eigenvalue weighted by molar-refractivity contribution is 6.30. The average molecular weight is 373 g/mol. The van der Waals surface area contributed by atoms with Crippen molar-refractivity contribution in [3.63, 3.8) is 0 Å². The van der Waals surface area contributed by atoms with Gasteiger partial charge in [0.2, 0.25) is 0 Å². The largest absolute Gasteiger partial charge is 0.496 e. The van der Waals surface area contributed by atoms with E-state index < -0.39 is 0 Å². The molecule has 0 aliphatic carbocycles. The average Bonchev–Trinajstić information content (AvgIpc) is 2.67. The number of carbonyl (C=O) groups is 2. The Balaban J connectivity index is 1.66. The van der Waals surface area contributed by atoms with Gasteiger partial charge in [-0.2, -0.15) is 0 Å². The highest BCUT2D eigenvalue weighted by Crippen LogP contribution is 2.25. The van der Waals surface area contributed by atoms with Crippen LogP contribution in [0.4, 0.5) is 5.69 Å². The number of nitrogens with zero attached hydrogens (tertiary/aromatic N) is 2. The van der Waals surface area contributed by atoms with Crippen LogP contribution >= 0.6 is 11.6 Å². The molecule has 0 radical (unpaired) electrons. The molecule has 2 aromatic carbocycles. The van der Waals surface area contributed by atoms with E-state index in [9.17, 15) is 9.59 Å². The Morgan fingerprint density at radius 2 is 1.65 bits per heavy atom. The van der Waals surface area contributed by atoms with Gasteiger partial charge in [-0.05, 0) is 49.4 Å². The summed E-state index contributed by atoms with van der Waals surface area (Å²) in [4.78, 5) is 28.2. The highest BCUT2D eigenvalue weighted by atomic mass is 35.5. The van der Waals surface area contributed by atoms with Gasteiger partial charge in [-0.3, -0.25) is 9.59 Å². The number of hydrogen-bond donors (Lipinski definition) is 0. The fourth-order valence-corrected chi connectivity index (χ4v) is 3.25. The first-order chi connectivity index (χ1) is 12.5. The monoisotopic (exact) mass is 372 g/mol. The molecule has 0 spiro atoms. The van der Waals surface area contributed by atoms with Gasteiger partial charge in [-0.1, -0.05) is 11.6 Å². The summed E-state index contributed by atoms with van der Waals surface area (Å²) in [5.41, 5.74) is 2.29. The zero-order valence-electron chi connectivity index (χ0n) is 14.9. The molecule has 1 aliphatic rings. The minimum absolute atomic E-state index is 0.0508. The number of hydrogen-bond acceptors (Lipinski definition) is 4. The van der Waals surface area contributed by atoms with Gasteiger partial charge in [0.1, 0.15) is 5.75 Å². The van der Waals surface area contributed by atoms with Crippen LogP contribution in [0.2, 0.25) is 5.02 Å². The lowest BCUT2D eigenvalue weighted by atomic mass is 10.1. The molecule has 1 amide bonds. The second-order valence-electron chi connectivity index (χ2n) is 6.23. The number of benzene rings is 2. The van der Waals surface area contributed by atoms with Gasteiger partial charge in [0.15, 0.2) is 5.78 Å². The number of carbonyl (C=O) groups excluding carboxylic acids is 2. The summed E-state index contributed by atoms with van der Waals surface area (Å²) < 4.78 is 5.29. The molecular weight excluding hydrogens is 352 g/mol. The topological polar surface area (TPSA) is 49.9 Å². The van der Waals surface area contributed by atoms with Gasteiger partial charge in [0, 0.05) is 42.5 Å². The van der Waals surface area contributed by atoms with Crippen molar-refractivity contribution in [2.45, 2.75) is 6.92 Å². The van der Waals surface area contributed by atoms with Gasteiger partial charge in [0.25, 0.3) is 5.91 Å². The second kappa shape index (κ2) is 7.79. The van der Waals surface area contributed by atoms with Crippen molar-refractivity contribution in [3.05, 3.63) is 58.6 Å². The van der Waals surface area contributed by atoms with E-state index in [1.165, 1.54) is 7.11 Å². The van der Waals surface area contributed by atoms with E-state index in [0.717, 1.165) is 18.8 Å². The minimum atomic E-state index is -0.0508. The number of halogens is 1. The van der Waals surface area contributed by atoms with Crippen molar-refractivity contribution in [3.8, 4) is 5.75 Å². The van der Waals surface area contributed by atoms with E-state index >= 15 is 0 Å². The lowest BCUT2D eigenvalue weighted by Crippen LogP contribution is -2.48. The SMILES string of the molecule is COc1cc(Cl)ccc1C(=O)N1CCN(c2ccc(C(C)=O)cc2)CC1. The van der Waals surface area contributed by atoms with E-state index in [2.05, 4.69) is 4.90 Å². The van der Waals surface area contributed by atoms with Gasteiger partial charge >= 0.3 is 0 Å². The van der Waals surface area contributed by atoms with Gasteiger partial charge < -0.3 is 14.5 Å². The van der Waals surface area contributed by atoms with Crippen LogP contribution in [0, 0.1) is 0 Å². The number of piperazine rings is 1. The number of anilines is 1. The van der Waals surface area contributed by atoms with Crippen molar-refractivity contribution in [2.24, 2.45) is 0 Å². The molecule has 1 fully saturated rings. The molecule has 0 saturated carbocycles. The Labute approximate surface area is 158 Å². The Kier molecular flexibility index (Phi) is 5.47. The molecule has 3 rings (SSSR count). The number of ketones is 1. The number of methoxy groups -OCH3 is 1. The lowest BCUT2D eigenvalue weighted by molar-refractivity contribution is 0.0743. The van der Waals surface area contributed by atoms with Crippen LogP contribution < -0.4 is 9.64 Å². The summed E-state index contributed by atoms with van der Waals surface area (Å²) in [6.45, 7) is 4.28. The fraction of sp³-hybridized carbons (Fsp3) is 0.300. The van der Waals surface area contributed by atoms with Crippen molar-refractivity contribution in [2.75, 3.05) is 38.2 Å². The molecule has 0 N–H and O–H groups in total. The van der Waals surface area contributed by atoms with Crippen LogP contribution in [0.15, 0.2) is 42.5 Å². The van der Waals surface area contributed by atoms with E-state index in [4.69, 9.17) is 16.3 Å². The standard InChI is InChI=1S/C20H21ClN2O3/c1-14(24)15-3-6-17(7-4-15)22-9-11-23(12-10-22)20(25)18-8-5-16(21)13-19(18)26-2/h3-8,13H,9-12H2,1-2H3. The Hall–Kier alpha value is -2.53. The zero-order chi connectivity index (χ0) is 18.7. The summed E-state index contributed by atoms with van der Waals surface area (Å²) >= 11 is 5.97. The Morgan fingerprint density at radius 3 is 2.23 bits per heavy atom. The molecular formula is C20H21ClN2O3. The van der Waals surface area contributed by atoms with Crippen LogP contribution in [0.3, 0.4) is 0 Å². The van der Waals surface area contributed by atoms with Crippen LogP contribution in [-0.2, 0) is 0 Å². The van der Waals surface area contributed by atoms with Crippen LogP contribution in [-0.4, -0.2) is 49.9 Å². The number of ether oxygens (including phenoxy) is 1. The maximum Gasteiger partial charge on any atom is 0.257 e. The van der Waals surface area contributed by atoms with E-state index in [-0.39, 0.29) is 11.7 Å². The smallest absolute Gasteiger partial charge is 0.257 e. The van der Waals surface area contributed by atoms with E-state index in [1.54, 1.807) is 25.1 Å². The third kappa shape index (κ3) is 3.83. The predicted octanol–water partition coefficient (Wildman–Crippen LogP) is 3.51. The summed E-state index contributed by atoms with van der Waals surface area (Å²) in [6.07, 6.45) is 0. The van der Waals surface area contributed by atoms with Crippen molar-refractivity contribution >= 4 is 29.0 Å². The highest BCUT2D eigenvalue weighted by Gasteiger charge is 2.24. The predicted molar refractivity (Wildman–Crippen MR) is 103 cm³/mol. The molecule has 1 saturated heterocycles. The number of amides is 1. The van der Waals surface area contributed by atoms with E-state index in [1.807, 2.05) is 29.2 Å². The molecule has 0 bridgehead atoms. The molecule has 2 aromatic rings. The van der Waals surface area contributed by atoms with Crippen LogP contribution in [0.25, 0.3) is 0 Å². The minimum Gasteiger partial charge on any atom is -0.496 e. The summed E-state index contributed by atoms with van der Waals surface area (Å²) in [5.74, 6) is 0.499. The molecule has 6 heteroatoms. The third-order valence-corrected chi connectivity index (χ3v) is 4.83. The summed E-state index contributed by atoms with van der Waals surface area (Å²) in [5, 5.41) is 0.539. The summed E-state index contributed by atoms with van der Waals surface area (Å²) in [7, 11) is 1.53. The lowest BCUT2D eigenvalue weighted by Gasteiger charge is -2.36. The van der Waals surface area contributed by atoms with Crippen LogP contribution in [0.5, 0.6) is 5.75 Å². The number of rotatable bonds is 4. The van der Waals surface area contributed by atoms with E-state index in [0.29, 0.717) is 35.0 Å².